The minimum atomic E-state index is 0.0330. The average molecular weight is 284 g/mol. The number of piperidine rings is 1. The number of benzene rings is 1. The molecule has 1 heterocycles. The van der Waals surface area contributed by atoms with Gasteiger partial charge in [0, 0.05) is 34.8 Å². The highest BCUT2D eigenvalue weighted by Crippen LogP contribution is 2.25. The highest BCUT2D eigenvalue weighted by molar-refractivity contribution is 6.37. The summed E-state index contributed by atoms with van der Waals surface area (Å²) in [4.78, 5) is 13.8. The predicted molar refractivity (Wildman–Crippen MR) is 75.9 cm³/mol. The van der Waals surface area contributed by atoms with Gasteiger partial charge < -0.3 is 4.90 Å². The monoisotopic (exact) mass is 283 g/mol. The van der Waals surface area contributed by atoms with Gasteiger partial charge in [-0.05, 0) is 37.5 Å². The topological polar surface area (TPSA) is 20.3 Å². The lowest BCUT2D eigenvalue weighted by molar-refractivity contribution is -0.126. The van der Waals surface area contributed by atoms with Crippen LogP contribution in [0.2, 0.25) is 10.0 Å². The van der Waals surface area contributed by atoms with Gasteiger partial charge in [0.25, 0.3) is 0 Å². The Morgan fingerprint density at radius 1 is 1.11 bits per heavy atom. The maximum Gasteiger partial charge on any atom is 0.246 e. The summed E-state index contributed by atoms with van der Waals surface area (Å²) < 4.78 is 0. The standard InChI is InChI=1S/C14H15Cl2NO/c15-12-5-4-6-13(16)11(12)7-8-14(18)17-9-2-1-3-10-17/h4-8H,1-3,9-10H2/b8-7-. The number of hydrogen-bond donors (Lipinski definition) is 0. The van der Waals surface area contributed by atoms with Crippen LogP contribution < -0.4 is 0 Å². The molecule has 0 atom stereocenters. The second-order valence-corrected chi connectivity index (χ2v) is 5.17. The second kappa shape index (κ2) is 6.26. The summed E-state index contributed by atoms with van der Waals surface area (Å²) in [6, 6.07) is 5.31. The van der Waals surface area contributed by atoms with E-state index in [4.69, 9.17) is 23.2 Å². The molecule has 4 heteroatoms. The van der Waals surface area contributed by atoms with Crippen molar-refractivity contribution in [1.82, 2.24) is 4.90 Å². The number of carbonyl (C=O) groups excluding carboxylic acids is 1. The molecule has 0 bridgehead atoms. The zero-order valence-electron chi connectivity index (χ0n) is 10.0. The van der Waals surface area contributed by atoms with Crippen molar-refractivity contribution >= 4 is 35.2 Å². The van der Waals surface area contributed by atoms with Crippen LogP contribution in [-0.4, -0.2) is 23.9 Å². The average Bonchev–Trinajstić information content (AvgIpc) is 2.39. The molecule has 2 rings (SSSR count). The van der Waals surface area contributed by atoms with E-state index >= 15 is 0 Å². The SMILES string of the molecule is O=C(/C=C\c1c(Cl)cccc1Cl)N1CCCCC1. The van der Waals surface area contributed by atoms with Crippen LogP contribution in [0.3, 0.4) is 0 Å². The van der Waals surface area contributed by atoms with Crippen molar-refractivity contribution < 1.29 is 4.79 Å². The molecule has 1 aliphatic rings. The number of amides is 1. The van der Waals surface area contributed by atoms with E-state index in [1.54, 1.807) is 30.4 Å². The number of hydrogen-bond acceptors (Lipinski definition) is 1. The van der Waals surface area contributed by atoms with Crippen molar-refractivity contribution in [2.75, 3.05) is 13.1 Å². The first-order valence-corrected chi connectivity index (χ1v) is 6.85. The van der Waals surface area contributed by atoms with Crippen LogP contribution in [-0.2, 0) is 4.79 Å². The lowest BCUT2D eigenvalue weighted by Crippen LogP contribution is -2.34. The molecule has 1 amide bonds. The first-order chi connectivity index (χ1) is 8.68. The maximum absolute atomic E-state index is 11.9. The van der Waals surface area contributed by atoms with Gasteiger partial charge in [-0.1, -0.05) is 29.3 Å². The summed E-state index contributed by atoms with van der Waals surface area (Å²) in [6.07, 6.45) is 6.64. The van der Waals surface area contributed by atoms with Crippen LogP contribution in [0.25, 0.3) is 6.08 Å². The zero-order chi connectivity index (χ0) is 13.0. The van der Waals surface area contributed by atoms with Crippen molar-refractivity contribution in [3.05, 3.63) is 39.9 Å². The van der Waals surface area contributed by atoms with Gasteiger partial charge in [0.1, 0.15) is 0 Å². The largest absolute Gasteiger partial charge is 0.339 e. The Hall–Kier alpha value is -0.990. The van der Waals surface area contributed by atoms with E-state index in [0.29, 0.717) is 15.6 Å². The highest BCUT2D eigenvalue weighted by atomic mass is 35.5. The number of halogens is 2. The van der Waals surface area contributed by atoms with Gasteiger partial charge in [-0.3, -0.25) is 4.79 Å². The third-order valence-corrected chi connectivity index (χ3v) is 3.72. The van der Waals surface area contributed by atoms with Gasteiger partial charge in [0.05, 0.1) is 0 Å². The smallest absolute Gasteiger partial charge is 0.246 e. The summed E-state index contributed by atoms with van der Waals surface area (Å²) in [6.45, 7) is 1.69. The minimum absolute atomic E-state index is 0.0330. The zero-order valence-corrected chi connectivity index (χ0v) is 11.5. The summed E-state index contributed by atoms with van der Waals surface area (Å²) in [7, 11) is 0. The molecule has 0 radical (unpaired) electrons. The lowest BCUT2D eigenvalue weighted by Gasteiger charge is -2.25. The molecular weight excluding hydrogens is 269 g/mol. The van der Waals surface area contributed by atoms with Crippen molar-refractivity contribution in [3.63, 3.8) is 0 Å². The molecule has 2 nitrogen and oxygen atoms in total. The Balaban J connectivity index is 2.08. The van der Waals surface area contributed by atoms with Crippen LogP contribution in [0.15, 0.2) is 24.3 Å². The molecule has 0 N–H and O–H groups in total. The van der Waals surface area contributed by atoms with E-state index in [1.807, 2.05) is 4.90 Å². The molecule has 1 aromatic carbocycles. The fraction of sp³-hybridized carbons (Fsp3) is 0.357. The van der Waals surface area contributed by atoms with Gasteiger partial charge in [0.2, 0.25) is 5.91 Å². The Kier molecular flexibility index (Phi) is 4.67. The van der Waals surface area contributed by atoms with Crippen LogP contribution >= 0.6 is 23.2 Å². The first-order valence-electron chi connectivity index (χ1n) is 6.09. The van der Waals surface area contributed by atoms with E-state index in [9.17, 15) is 4.79 Å². The van der Waals surface area contributed by atoms with Crippen LogP contribution in [0.5, 0.6) is 0 Å². The molecule has 0 aromatic heterocycles. The molecule has 0 aliphatic carbocycles. The molecule has 1 saturated heterocycles. The normalized spacial score (nSPS) is 16.2. The second-order valence-electron chi connectivity index (χ2n) is 4.35. The Bertz CT molecular complexity index is 445. The number of carbonyl (C=O) groups is 1. The molecule has 0 saturated carbocycles. The molecule has 0 spiro atoms. The maximum atomic E-state index is 11.9. The van der Waals surface area contributed by atoms with E-state index in [0.717, 1.165) is 25.9 Å². The van der Waals surface area contributed by atoms with E-state index < -0.39 is 0 Å². The first kappa shape index (κ1) is 13.4. The van der Waals surface area contributed by atoms with E-state index in [2.05, 4.69) is 0 Å². The van der Waals surface area contributed by atoms with Crippen LogP contribution in [0, 0.1) is 0 Å². The fourth-order valence-electron chi connectivity index (χ4n) is 2.04. The van der Waals surface area contributed by atoms with Crippen molar-refractivity contribution in [2.45, 2.75) is 19.3 Å². The summed E-state index contributed by atoms with van der Waals surface area (Å²) >= 11 is 12.1. The van der Waals surface area contributed by atoms with E-state index in [-0.39, 0.29) is 5.91 Å². The molecule has 1 aliphatic heterocycles. The summed E-state index contributed by atoms with van der Waals surface area (Å²) in [5, 5.41) is 1.12. The molecular formula is C14H15Cl2NO. The van der Waals surface area contributed by atoms with Crippen LogP contribution in [0.1, 0.15) is 24.8 Å². The highest BCUT2D eigenvalue weighted by Gasteiger charge is 2.13. The predicted octanol–water partition coefficient (Wildman–Crippen LogP) is 4.02. The fourth-order valence-corrected chi connectivity index (χ4v) is 2.57. The molecule has 96 valence electrons. The van der Waals surface area contributed by atoms with Gasteiger partial charge in [-0.15, -0.1) is 0 Å². The number of rotatable bonds is 2. The molecule has 1 fully saturated rings. The van der Waals surface area contributed by atoms with Gasteiger partial charge >= 0.3 is 0 Å². The summed E-state index contributed by atoms with van der Waals surface area (Å²) in [5.41, 5.74) is 0.700. The number of nitrogens with zero attached hydrogens (tertiary/aromatic N) is 1. The summed E-state index contributed by atoms with van der Waals surface area (Å²) in [5.74, 6) is 0.0330. The Morgan fingerprint density at radius 2 is 1.72 bits per heavy atom. The van der Waals surface area contributed by atoms with Gasteiger partial charge in [-0.2, -0.15) is 0 Å². The number of likely N-dealkylation sites (tertiary alicyclic amines) is 1. The van der Waals surface area contributed by atoms with Gasteiger partial charge in [-0.25, -0.2) is 0 Å². The third-order valence-electron chi connectivity index (χ3n) is 3.06. The Labute approximate surface area is 117 Å². The lowest BCUT2D eigenvalue weighted by atomic mass is 10.1. The van der Waals surface area contributed by atoms with Crippen molar-refractivity contribution in [2.24, 2.45) is 0 Å². The van der Waals surface area contributed by atoms with Gasteiger partial charge in [0.15, 0.2) is 0 Å². The van der Waals surface area contributed by atoms with Crippen molar-refractivity contribution in [3.8, 4) is 0 Å². The van der Waals surface area contributed by atoms with Crippen LogP contribution in [0.4, 0.5) is 0 Å². The van der Waals surface area contributed by atoms with Crippen molar-refractivity contribution in [1.29, 1.82) is 0 Å². The molecule has 0 unspecified atom stereocenters. The molecule has 1 aromatic rings. The Morgan fingerprint density at radius 3 is 2.33 bits per heavy atom. The minimum Gasteiger partial charge on any atom is -0.339 e. The molecule has 18 heavy (non-hydrogen) atoms. The quantitative estimate of drug-likeness (QED) is 0.751. The van der Waals surface area contributed by atoms with E-state index in [1.165, 1.54) is 6.42 Å². The third kappa shape index (κ3) is 3.27.